The maximum atomic E-state index is 13.6. The number of aromatic nitrogens is 3. The van der Waals surface area contributed by atoms with Crippen molar-refractivity contribution in [2.45, 2.75) is 20.8 Å². The molecule has 4 rings (SSSR count). The molecule has 198 valence electrons. The molecule has 0 radical (unpaired) electrons. The first-order valence-electron chi connectivity index (χ1n) is 11.7. The van der Waals surface area contributed by atoms with Crippen LogP contribution in [-0.4, -0.2) is 46.8 Å². The lowest BCUT2D eigenvalue weighted by Gasteiger charge is -2.19. The van der Waals surface area contributed by atoms with Crippen molar-refractivity contribution in [2.24, 2.45) is 5.41 Å². The SMILES string of the molecule is COc1cc(OC)c(-c2nc3ncccn3c2Nc2c(Cl)cccc2Cl)c(C(=O)CNC(=O)C(C)(C)C)c1. The van der Waals surface area contributed by atoms with Crippen molar-refractivity contribution < 1.29 is 19.1 Å². The number of rotatable bonds is 8. The van der Waals surface area contributed by atoms with Crippen molar-refractivity contribution in [3.05, 3.63) is 64.4 Å². The molecule has 1 amide bonds. The number of halogens is 2. The quantitative estimate of drug-likeness (QED) is 0.264. The fourth-order valence-corrected chi connectivity index (χ4v) is 4.26. The summed E-state index contributed by atoms with van der Waals surface area (Å²) in [7, 11) is 2.98. The van der Waals surface area contributed by atoms with Gasteiger partial charge in [-0.25, -0.2) is 9.97 Å². The Labute approximate surface area is 230 Å². The normalized spacial score (nSPS) is 11.3. The van der Waals surface area contributed by atoms with E-state index in [-0.39, 0.29) is 23.8 Å². The second kappa shape index (κ2) is 10.9. The Hall–Kier alpha value is -3.82. The van der Waals surface area contributed by atoms with E-state index in [0.717, 1.165) is 0 Å². The molecule has 2 aromatic heterocycles. The van der Waals surface area contributed by atoms with E-state index < -0.39 is 5.41 Å². The Bertz CT molecular complexity index is 1510. The number of Topliss-reactive ketones (excluding diaryl/α,β-unsaturated/α-hetero) is 1. The highest BCUT2D eigenvalue weighted by Crippen LogP contribution is 2.43. The molecule has 0 unspecified atom stereocenters. The van der Waals surface area contributed by atoms with Gasteiger partial charge in [0.15, 0.2) is 5.78 Å². The molecule has 2 N–H and O–H groups in total. The minimum atomic E-state index is -0.659. The Kier molecular flexibility index (Phi) is 7.80. The van der Waals surface area contributed by atoms with Gasteiger partial charge in [0.2, 0.25) is 11.7 Å². The molecular formula is C27H27Cl2N5O4. The summed E-state index contributed by atoms with van der Waals surface area (Å²) in [5.74, 6) is 0.953. The maximum Gasteiger partial charge on any atom is 0.235 e. The first-order valence-corrected chi connectivity index (χ1v) is 12.4. The average Bonchev–Trinajstić information content (AvgIpc) is 3.25. The highest BCUT2D eigenvalue weighted by Gasteiger charge is 2.28. The lowest BCUT2D eigenvalue weighted by Crippen LogP contribution is -2.38. The zero-order chi connectivity index (χ0) is 27.6. The standard InChI is InChI=1S/C27H27Cl2N5O4/c1-27(2,3)25(36)31-14-19(35)16-12-15(37-4)13-20(38-5)21(16)23-24(34-11-7-10-30-26(34)33-23)32-22-17(28)8-6-9-18(22)29/h6-13,32H,14H2,1-5H3,(H,31,36). The van der Waals surface area contributed by atoms with Crippen molar-refractivity contribution in [2.75, 3.05) is 26.1 Å². The second-order valence-corrected chi connectivity index (χ2v) is 10.2. The number of nitrogens with one attached hydrogen (secondary N) is 2. The number of hydrogen-bond donors (Lipinski definition) is 2. The van der Waals surface area contributed by atoms with E-state index in [1.165, 1.54) is 14.2 Å². The topological polar surface area (TPSA) is 107 Å². The Balaban J connectivity index is 1.92. The number of fused-ring (bicyclic) bond motifs is 1. The number of carbonyl (C=O) groups is 2. The fraction of sp³-hybridized carbons (Fsp3) is 0.259. The van der Waals surface area contributed by atoms with E-state index in [9.17, 15) is 9.59 Å². The van der Waals surface area contributed by atoms with Crippen LogP contribution in [0.1, 0.15) is 31.1 Å². The van der Waals surface area contributed by atoms with Crippen LogP contribution in [0, 0.1) is 5.41 Å². The van der Waals surface area contributed by atoms with Crippen LogP contribution in [0.2, 0.25) is 10.0 Å². The molecule has 0 aliphatic heterocycles. The van der Waals surface area contributed by atoms with Gasteiger partial charge >= 0.3 is 0 Å². The van der Waals surface area contributed by atoms with Gasteiger partial charge in [0, 0.05) is 29.4 Å². The van der Waals surface area contributed by atoms with Crippen LogP contribution in [-0.2, 0) is 4.79 Å². The summed E-state index contributed by atoms with van der Waals surface area (Å²) in [6, 6.07) is 10.1. The van der Waals surface area contributed by atoms with E-state index in [0.29, 0.717) is 50.1 Å². The molecular weight excluding hydrogens is 529 g/mol. The van der Waals surface area contributed by atoms with Gasteiger partial charge in [-0.15, -0.1) is 0 Å². The number of anilines is 2. The molecule has 0 fully saturated rings. The summed E-state index contributed by atoms with van der Waals surface area (Å²) in [5, 5.41) is 6.77. The maximum absolute atomic E-state index is 13.6. The van der Waals surface area contributed by atoms with E-state index >= 15 is 0 Å². The van der Waals surface area contributed by atoms with Crippen molar-refractivity contribution in [3.63, 3.8) is 0 Å². The minimum absolute atomic E-state index is 0.232. The van der Waals surface area contributed by atoms with Crippen LogP contribution in [0.15, 0.2) is 48.8 Å². The highest BCUT2D eigenvalue weighted by atomic mass is 35.5. The van der Waals surface area contributed by atoms with Crippen LogP contribution in [0.3, 0.4) is 0 Å². The van der Waals surface area contributed by atoms with Crippen molar-refractivity contribution in [3.8, 4) is 22.8 Å². The zero-order valence-electron chi connectivity index (χ0n) is 21.6. The van der Waals surface area contributed by atoms with E-state index in [4.69, 9.17) is 37.7 Å². The Morgan fingerprint density at radius 3 is 2.39 bits per heavy atom. The van der Waals surface area contributed by atoms with E-state index in [1.807, 2.05) is 0 Å². The monoisotopic (exact) mass is 555 g/mol. The first-order chi connectivity index (χ1) is 18.0. The molecule has 11 heteroatoms. The molecule has 38 heavy (non-hydrogen) atoms. The molecule has 2 aromatic carbocycles. The molecule has 9 nitrogen and oxygen atoms in total. The molecule has 4 aromatic rings. The second-order valence-electron chi connectivity index (χ2n) is 9.43. The number of ketones is 1. The number of para-hydroxylation sites is 1. The number of ether oxygens (including phenoxy) is 2. The fourth-order valence-electron chi connectivity index (χ4n) is 3.77. The molecule has 2 heterocycles. The lowest BCUT2D eigenvalue weighted by atomic mass is 9.95. The van der Waals surface area contributed by atoms with Crippen LogP contribution in [0.5, 0.6) is 11.5 Å². The zero-order valence-corrected chi connectivity index (χ0v) is 23.1. The molecule has 0 spiro atoms. The summed E-state index contributed by atoms with van der Waals surface area (Å²) in [6.45, 7) is 5.08. The number of nitrogens with zero attached hydrogens (tertiary/aromatic N) is 3. The largest absolute Gasteiger partial charge is 0.497 e. The number of methoxy groups -OCH3 is 2. The van der Waals surface area contributed by atoms with Gasteiger partial charge in [-0.2, -0.15) is 0 Å². The van der Waals surface area contributed by atoms with Gasteiger partial charge in [0.1, 0.15) is 23.0 Å². The van der Waals surface area contributed by atoms with E-state index in [1.54, 1.807) is 74.0 Å². The highest BCUT2D eigenvalue weighted by molar-refractivity contribution is 6.39. The summed E-state index contributed by atoms with van der Waals surface area (Å²) in [6.07, 6.45) is 3.38. The first kappa shape index (κ1) is 27.2. The van der Waals surface area contributed by atoms with E-state index in [2.05, 4.69) is 15.6 Å². The number of amides is 1. The van der Waals surface area contributed by atoms with Crippen molar-refractivity contribution in [1.82, 2.24) is 19.7 Å². The van der Waals surface area contributed by atoms with Gasteiger partial charge in [-0.05, 0) is 24.3 Å². The third-order valence-corrected chi connectivity index (χ3v) is 6.40. The summed E-state index contributed by atoms with van der Waals surface area (Å²) >= 11 is 12.9. The molecule has 0 saturated heterocycles. The third-order valence-electron chi connectivity index (χ3n) is 5.77. The Morgan fingerprint density at radius 2 is 1.76 bits per heavy atom. The van der Waals surface area contributed by atoms with Crippen LogP contribution in [0.4, 0.5) is 11.5 Å². The average molecular weight is 556 g/mol. The number of benzene rings is 2. The van der Waals surface area contributed by atoms with Crippen LogP contribution in [0.25, 0.3) is 17.0 Å². The predicted molar refractivity (Wildman–Crippen MR) is 148 cm³/mol. The molecule has 0 aliphatic rings. The molecule has 0 aliphatic carbocycles. The Morgan fingerprint density at radius 1 is 1.05 bits per heavy atom. The van der Waals surface area contributed by atoms with Crippen LogP contribution < -0.4 is 20.1 Å². The van der Waals surface area contributed by atoms with Gasteiger partial charge in [0.25, 0.3) is 0 Å². The summed E-state index contributed by atoms with van der Waals surface area (Å²) in [5.41, 5.74) is 0.796. The van der Waals surface area contributed by atoms with Crippen molar-refractivity contribution >= 4 is 52.2 Å². The molecule has 0 saturated carbocycles. The van der Waals surface area contributed by atoms with Crippen LogP contribution >= 0.6 is 23.2 Å². The molecule has 0 bridgehead atoms. The molecule has 0 atom stereocenters. The van der Waals surface area contributed by atoms with Gasteiger partial charge in [-0.3, -0.25) is 14.0 Å². The van der Waals surface area contributed by atoms with Crippen molar-refractivity contribution in [1.29, 1.82) is 0 Å². The predicted octanol–water partition coefficient (Wildman–Crippen LogP) is 5.81. The summed E-state index contributed by atoms with van der Waals surface area (Å²) < 4.78 is 12.8. The number of imidazole rings is 1. The number of hydrogen-bond acceptors (Lipinski definition) is 7. The minimum Gasteiger partial charge on any atom is -0.497 e. The lowest BCUT2D eigenvalue weighted by molar-refractivity contribution is -0.128. The summed E-state index contributed by atoms with van der Waals surface area (Å²) in [4.78, 5) is 35.1. The van der Waals surface area contributed by atoms with Gasteiger partial charge < -0.3 is 20.1 Å². The third kappa shape index (κ3) is 5.39. The number of carbonyl (C=O) groups excluding carboxylic acids is 2. The smallest absolute Gasteiger partial charge is 0.235 e. The van der Waals surface area contributed by atoms with Gasteiger partial charge in [-0.1, -0.05) is 50.0 Å². The van der Waals surface area contributed by atoms with Gasteiger partial charge in [0.05, 0.1) is 42.1 Å².